The van der Waals surface area contributed by atoms with E-state index >= 15 is 0 Å². The van der Waals surface area contributed by atoms with E-state index in [2.05, 4.69) is 5.10 Å². The molecule has 2 aliphatic rings. The van der Waals surface area contributed by atoms with Gasteiger partial charge in [-0.25, -0.2) is 0 Å². The van der Waals surface area contributed by atoms with Gasteiger partial charge >= 0.3 is 12.1 Å². The molecule has 2 heterocycles. The van der Waals surface area contributed by atoms with Gasteiger partial charge in [0.05, 0.1) is 24.7 Å². The second kappa shape index (κ2) is 9.19. The molecule has 1 N–H and O–H groups in total. The van der Waals surface area contributed by atoms with Gasteiger partial charge < -0.3 is 10.0 Å². The fourth-order valence-electron chi connectivity index (χ4n) is 4.91. The zero-order valence-electron chi connectivity index (χ0n) is 18.6. The molecular formula is C24H28F3N3O3. The highest BCUT2D eigenvalue weighted by molar-refractivity contribution is 5.77. The highest BCUT2D eigenvalue weighted by Gasteiger charge is 2.41. The number of hydrogen-bond donors (Lipinski definition) is 1. The third-order valence-corrected chi connectivity index (χ3v) is 6.87. The third-order valence-electron chi connectivity index (χ3n) is 6.87. The van der Waals surface area contributed by atoms with E-state index in [1.165, 1.54) is 4.68 Å². The maximum absolute atomic E-state index is 13.6. The molecule has 1 fully saturated rings. The Morgan fingerprint density at radius 2 is 1.79 bits per heavy atom. The van der Waals surface area contributed by atoms with E-state index in [1.54, 1.807) is 4.90 Å². The summed E-state index contributed by atoms with van der Waals surface area (Å²) in [7, 11) is 0. The van der Waals surface area contributed by atoms with Crippen LogP contribution in [0.15, 0.2) is 24.3 Å². The molecule has 33 heavy (non-hydrogen) atoms. The first-order valence-electron chi connectivity index (χ1n) is 11.3. The number of aromatic nitrogens is 2. The minimum absolute atomic E-state index is 0.0870. The number of carboxylic acid groups (broad SMARTS) is 1. The topological polar surface area (TPSA) is 75.4 Å². The lowest BCUT2D eigenvalue weighted by molar-refractivity contribution is -0.143. The fraction of sp³-hybridized carbons (Fsp3) is 0.542. The molecule has 1 aromatic carbocycles. The molecule has 0 radical (unpaired) electrons. The number of carbonyl (C=O) groups excluding carboxylic acids is 1. The van der Waals surface area contributed by atoms with E-state index in [0.717, 1.165) is 11.1 Å². The normalized spacial score (nSPS) is 21.0. The van der Waals surface area contributed by atoms with E-state index < -0.39 is 17.8 Å². The first-order chi connectivity index (χ1) is 15.6. The van der Waals surface area contributed by atoms with Crippen LogP contribution in [0.5, 0.6) is 0 Å². The molecule has 1 amide bonds. The Balaban J connectivity index is 1.49. The van der Waals surface area contributed by atoms with Gasteiger partial charge in [0.25, 0.3) is 0 Å². The van der Waals surface area contributed by atoms with Crippen LogP contribution in [0.1, 0.15) is 60.2 Å². The summed E-state index contributed by atoms with van der Waals surface area (Å²) in [4.78, 5) is 25.7. The molecule has 1 saturated carbocycles. The Morgan fingerprint density at radius 1 is 1.12 bits per heavy atom. The van der Waals surface area contributed by atoms with E-state index in [4.69, 9.17) is 5.11 Å². The van der Waals surface area contributed by atoms with Crippen LogP contribution in [0.3, 0.4) is 0 Å². The van der Waals surface area contributed by atoms with Crippen molar-refractivity contribution in [2.24, 2.45) is 11.8 Å². The van der Waals surface area contributed by atoms with Crippen LogP contribution in [-0.4, -0.2) is 38.2 Å². The Labute approximate surface area is 190 Å². The minimum atomic E-state index is -4.54. The first kappa shape index (κ1) is 23.3. The maximum atomic E-state index is 13.6. The molecule has 9 heteroatoms. The number of aryl methyl sites for hydroxylation is 1. The highest BCUT2D eigenvalue weighted by Crippen LogP contribution is 2.36. The second-order valence-electron chi connectivity index (χ2n) is 9.24. The first-order valence-corrected chi connectivity index (χ1v) is 11.3. The number of nitrogens with zero attached hydrogens (tertiary/aromatic N) is 3. The number of carboxylic acids is 1. The number of aliphatic carboxylic acids is 1. The summed E-state index contributed by atoms with van der Waals surface area (Å²) < 4.78 is 42.3. The summed E-state index contributed by atoms with van der Waals surface area (Å²) >= 11 is 0. The van der Waals surface area contributed by atoms with Gasteiger partial charge in [-0.2, -0.15) is 18.3 Å². The summed E-state index contributed by atoms with van der Waals surface area (Å²) in [6, 6.07) is 7.56. The van der Waals surface area contributed by atoms with Crippen LogP contribution in [0.25, 0.3) is 0 Å². The Hall–Kier alpha value is -2.84. The summed E-state index contributed by atoms with van der Waals surface area (Å²) in [5.41, 5.74) is 1.67. The molecule has 1 aliphatic carbocycles. The maximum Gasteiger partial charge on any atom is 0.435 e. The molecule has 1 aromatic heterocycles. The summed E-state index contributed by atoms with van der Waals surface area (Å²) in [5, 5.41) is 13.1. The lowest BCUT2D eigenvalue weighted by Gasteiger charge is -2.31. The second-order valence-corrected chi connectivity index (χ2v) is 9.24. The standard InChI is InChI=1S/C24H28F3N3O3/c1-15-2-4-17(5-3-15)13-30-20-14-29(11-10-19(20)22(28-30)24(25,26)27)21(31)12-16-6-8-18(9-7-16)23(32)33/h2-5,16,18H,6-14H2,1H3,(H,32,33). The van der Waals surface area contributed by atoms with Gasteiger partial charge in [0.15, 0.2) is 5.69 Å². The van der Waals surface area contributed by atoms with Crippen LogP contribution >= 0.6 is 0 Å². The van der Waals surface area contributed by atoms with Crippen molar-refractivity contribution < 1.29 is 27.9 Å². The zero-order valence-corrected chi connectivity index (χ0v) is 18.6. The highest BCUT2D eigenvalue weighted by atomic mass is 19.4. The lowest BCUT2D eigenvalue weighted by atomic mass is 9.80. The Morgan fingerprint density at radius 3 is 2.39 bits per heavy atom. The monoisotopic (exact) mass is 463 g/mol. The summed E-state index contributed by atoms with van der Waals surface area (Å²) in [6.45, 7) is 2.49. The molecule has 0 saturated heterocycles. The molecule has 0 bridgehead atoms. The number of hydrogen-bond acceptors (Lipinski definition) is 3. The molecular weight excluding hydrogens is 435 g/mol. The van der Waals surface area contributed by atoms with E-state index in [9.17, 15) is 22.8 Å². The van der Waals surface area contributed by atoms with Crippen LogP contribution in [0.4, 0.5) is 13.2 Å². The van der Waals surface area contributed by atoms with Crippen molar-refractivity contribution >= 4 is 11.9 Å². The van der Waals surface area contributed by atoms with E-state index in [-0.39, 0.29) is 49.4 Å². The van der Waals surface area contributed by atoms with Crippen molar-refractivity contribution in [1.82, 2.24) is 14.7 Å². The largest absolute Gasteiger partial charge is 0.481 e. The average Bonchev–Trinajstić information content (AvgIpc) is 3.14. The molecule has 6 nitrogen and oxygen atoms in total. The number of alkyl halides is 3. The van der Waals surface area contributed by atoms with Gasteiger partial charge in [-0.05, 0) is 50.5 Å². The zero-order chi connectivity index (χ0) is 23.8. The Kier molecular flexibility index (Phi) is 6.50. The van der Waals surface area contributed by atoms with E-state index in [0.29, 0.717) is 37.8 Å². The van der Waals surface area contributed by atoms with Crippen molar-refractivity contribution in [1.29, 1.82) is 0 Å². The molecule has 2 aromatic rings. The van der Waals surface area contributed by atoms with Crippen LogP contribution in [0, 0.1) is 18.8 Å². The predicted molar refractivity (Wildman–Crippen MR) is 114 cm³/mol. The van der Waals surface area contributed by atoms with Crippen molar-refractivity contribution in [3.63, 3.8) is 0 Å². The minimum Gasteiger partial charge on any atom is -0.481 e. The molecule has 0 unspecified atom stereocenters. The van der Waals surface area contributed by atoms with E-state index in [1.807, 2.05) is 31.2 Å². The number of benzene rings is 1. The quantitative estimate of drug-likeness (QED) is 0.712. The van der Waals surface area contributed by atoms with Gasteiger partial charge in [0, 0.05) is 18.5 Å². The fourth-order valence-corrected chi connectivity index (χ4v) is 4.91. The summed E-state index contributed by atoms with van der Waals surface area (Å²) in [5.74, 6) is -1.09. The van der Waals surface area contributed by atoms with Crippen LogP contribution in [-0.2, 0) is 35.3 Å². The Bertz CT molecular complexity index is 1020. The van der Waals surface area contributed by atoms with Gasteiger partial charge in [-0.3, -0.25) is 14.3 Å². The van der Waals surface area contributed by atoms with Gasteiger partial charge in [-0.1, -0.05) is 29.8 Å². The predicted octanol–water partition coefficient (Wildman–Crippen LogP) is 4.42. The number of fused-ring (bicyclic) bond motifs is 1. The van der Waals surface area contributed by atoms with Crippen molar-refractivity contribution in [2.45, 2.75) is 64.7 Å². The molecule has 0 atom stereocenters. The lowest BCUT2D eigenvalue weighted by Crippen LogP contribution is -2.38. The van der Waals surface area contributed by atoms with Crippen LogP contribution in [0.2, 0.25) is 0 Å². The molecule has 178 valence electrons. The average molecular weight is 464 g/mol. The van der Waals surface area contributed by atoms with Gasteiger partial charge in [-0.15, -0.1) is 0 Å². The van der Waals surface area contributed by atoms with Crippen molar-refractivity contribution in [2.75, 3.05) is 6.54 Å². The van der Waals surface area contributed by atoms with Gasteiger partial charge in [0.1, 0.15) is 0 Å². The molecule has 4 rings (SSSR count). The molecule has 0 spiro atoms. The smallest absolute Gasteiger partial charge is 0.435 e. The number of amides is 1. The van der Waals surface area contributed by atoms with Crippen LogP contribution < -0.4 is 0 Å². The number of halogens is 3. The summed E-state index contributed by atoms with van der Waals surface area (Å²) in [6.07, 6.45) is -1.62. The van der Waals surface area contributed by atoms with Crippen molar-refractivity contribution in [3.8, 4) is 0 Å². The molecule has 1 aliphatic heterocycles. The van der Waals surface area contributed by atoms with Crippen molar-refractivity contribution in [3.05, 3.63) is 52.3 Å². The van der Waals surface area contributed by atoms with Gasteiger partial charge in [0.2, 0.25) is 5.91 Å². The number of rotatable bonds is 5. The number of carbonyl (C=O) groups is 2. The third kappa shape index (κ3) is 5.23. The SMILES string of the molecule is Cc1ccc(Cn2nc(C(F)(F)F)c3c2CN(C(=O)CC2CCC(C(=O)O)CC2)CC3)cc1.